The molecular weight excluding hydrogens is 452 g/mol. The van der Waals surface area contributed by atoms with Crippen molar-refractivity contribution in [1.82, 2.24) is 0 Å². The lowest BCUT2D eigenvalue weighted by Crippen LogP contribution is -2.57. The van der Waals surface area contributed by atoms with Crippen LogP contribution in [0.2, 0.25) is 0 Å². The number of hydrogen-bond acceptors (Lipinski definition) is 5. The van der Waals surface area contributed by atoms with Gasteiger partial charge in [-0.25, -0.2) is 0 Å². The zero-order valence-corrected chi connectivity index (χ0v) is 20.3. The van der Waals surface area contributed by atoms with Crippen molar-refractivity contribution in [2.24, 2.45) is 10.8 Å². The minimum Gasteiger partial charge on any atom is -0.468 e. The number of ether oxygens (including phenoxy) is 2. The first kappa shape index (κ1) is 22.5. The summed E-state index contributed by atoms with van der Waals surface area (Å²) in [7, 11) is 2.62. The number of carbonyl (C=O) groups excluding carboxylic acids is 3. The average Bonchev–Trinajstić information content (AvgIpc) is 2.90. The van der Waals surface area contributed by atoms with Crippen LogP contribution in [-0.4, -0.2) is 31.9 Å². The molecule has 0 amide bonds. The van der Waals surface area contributed by atoms with E-state index in [2.05, 4.69) is 0 Å². The number of fused-ring (bicyclic) bond motifs is 2. The van der Waals surface area contributed by atoms with E-state index in [-0.39, 0.29) is 25.7 Å². The van der Waals surface area contributed by atoms with Gasteiger partial charge in [0.15, 0.2) is 5.78 Å². The number of ketones is 1. The fourth-order valence-corrected chi connectivity index (χ4v) is 6.66. The van der Waals surface area contributed by atoms with E-state index in [0.29, 0.717) is 0 Å². The van der Waals surface area contributed by atoms with Crippen LogP contribution in [0.4, 0.5) is 0 Å². The predicted molar refractivity (Wildman–Crippen MR) is 137 cm³/mol. The minimum absolute atomic E-state index is 0.143. The van der Waals surface area contributed by atoms with E-state index in [1.54, 1.807) is 0 Å². The Hall–Kier alpha value is -3.99. The van der Waals surface area contributed by atoms with Crippen molar-refractivity contribution in [3.05, 3.63) is 95.1 Å². The number of carbonyl (C=O) groups is 3. The van der Waals surface area contributed by atoms with Crippen LogP contribution in [-0.2, 0) is 49.5 Å². The van der Waals surface area contributed by atoms with Gasteiger partial charge in [-0.1, -0.05) is 72.8 Å². The summed E-state index contributed by atoms with van der Waals surface area (Å²) in [5, 5.41) is 4.00. The predicted octanol–water partition coefficient (Wildman–Crippen LogP) is 4.78. The lowest BCUT2D eigenvalue weighted by Gasteiger charge is -2.42. The molecular formula is C31H26O5. The molecule has 0 saturated carbocycles. The average molecular weight is 479 g/mol. The van der Waals surface area contributed by atoms with Crippen LogP contribution >= 0.6 is 0 Å². The van der Waals surface area contributed by atoms with Crippen LogP contribution in [0.5, 0.6) is 0 Å². The molecule has 0 aromatic heterocycles. The fourth-order valence-electron chi connectivity index (χ4n) is 6.66. The summed E-state index contributed by atoms with van der Waals surface area (Å²) in [6.45, 7) is 0. The normalized spacial score (nSPS) is 22.8. The second kappa shape index (κ2) is 8.02. The third-order valence-corrected chi connectivity index (χ3v) is 8.15. The molecule has 5 heteroatoms. The molecule has 36 heavy (non-hydrogen) atoms. The first-order valence-electron chi connectivity index (χ1n) is 12.1. The number of rotatable bonds is 2. The van der Waals surface area contributed by atoms with Crippen molar-refractivity contribution in [2.75, 3.05) is 14.2 Å². The Bertz CT molecular complexity index is 1380. The van der Waals surface area contributed by atoms with E-state index < -0.39 is 28.6 Å². The molecule has 0 radical (unpaired) electrons. The lowest BCUT2D eigenvalue weighted by molar-refractivity contribution is -0.169. The van der Waals surface area contributed by atoms with E-state index in [4.69, 9.17) is 9.47 Å². The Morgan fingerprint density at radius 1 is 0.583 bits per heavy atom. The SMILES string of the molecule is COC(=O)C12Cc3cccc4cccc(c34)CC(C(=O)OC)(Cc3cccc4cccc(c34)C1)C2=O. The highest BCUT2D eigenvalue weighted by atomic mass is 16.5. The van der Waals surface area contributed by atoms with Gasteiger partial charge in [0.25, 0.3) is 0 Å². The molecule has 2 aliphatic carbocycles. The third kappa shape index (κ3) is 2.98. The Labute approximate surface area is 209 Å². The monoisotopic (exact) mass is 478 g/mol. The van der Waals surface area contributed by atoms with Gasteiger partial charge in [0.05, 0.1) is 14.2 Å². The molecule has 2 bridgehead atoms. The number of benzene rings is 4. The summed E-state index contributed by atoms with van der Waals surface area (Å²) in [6, 6.07) is 23.8. The summed E-state index contributed by atoms with van der Waals surface area (Å²) in [5.41, 5.74) is 0.462. The Morgan fingerprint density at radius 2 is 0.889 bits per heavy atom. The molecule has 2 aliphatic rings. The standard InChI is InChI=1S/C31H26O5/c1-35-28(33)30-15-21-11-3-7-19-9-5-13-23(25(19)21)17-31(27(30)32,29(34)36-2)18-24-14-6-10-20-8-4-12-22(16-30)26(20)24/h3-14H,15-18H2,1-2H3. The minimum atomic E-state index is -1.58. The van der Waals surface area contributed by atoms with E-state index in [1.165, 1.54) is 14.2 Å². The van der Waals surface area contributed by atoms with Crippen LogP contribution in [0.25, 0.3) is 21.5 Å². The highest BCUT2D eigenvalue weighted by Crippen LogP contribution is 2.49. The molecule has 0 unspecified atom stereocenters. The molecule has 0 atom stereocenters. The Kier molecular flexibility index (Phi) is 5.01. The fraction of sp³-hybridized carbons (Fsp3) is 0.258. The molecule has 0 fully saturated rings. The van der Waals surface area contributed by atoms with Crippen molar-refractivity contribution in [1.29, 1.82) is 0 Å². The first-order valence-corrected chi connectivity index (χ1v) is 12.1. The number of esters is 2. The molecule has 4 aromatic carbocycles. The van der Waals surface area contributed by atoms with E-state index in [0.717, 1.165) is 43.8 Å². The van der Waals surface area contributed by atoms with Gasteiger partial charge < -0.3 is 9.47 Å². The van der Waals surface area contributed by atoms with E-state index >= 15 is 0 Å². The second-order valence-electron chi connectivity index (χ2n) is 10.0. The maximum atomic E-state index is 14.9. The van der Waals surface area contributed by atoms with Crippen LogP contribution in [0.3, 0.4) is 0 Å². The summed E-state index contributed by atoms with van der Waals surface area (Å²) in [4.78, 5) is 42.4. The summed E-state index contributed by atoms with van der Waals surface area (Å²) in [6.07, 6.45) is 0.572. The Balaban J connectivity index is 1.78. The third-order valence-electron chi connectivity index (χ3n) is 8.15. The van der Waals surface area contributed by atoms with Crippen molar-refractivity contribution in [3.8, 4) is 0 Å². The highest BCUT2D eigenvalue weighted by molar-refractivity contribution is 6.17. The number of Topliss-reactive ketones (excluding diaryl/α,β-unsaturated/α-hetero) is 1. The van der Waals surface area contributed by atoms with Crippen molar-refractivity contribution in [3.63, 3.8) is 0 Å². The molecule has 0 N–H and O–H groups in total. The van der Waals surface area contributed by atoms with Gasteiger partial charge in [-0.05, 0) is 69.5 Å². The maximum absolute atomic E-state index is 14.9. The van der Waals surface area contributed by atoms with Gasteiger partial charge in [0, 0.05) is 0 Å². The first-order chi connectivity index (χ1) is 17.4. The largest absolute Gasteiger partial charge is 0.468 e. The van der Waals surface area contributed by atoms with Crippen molar-refractivity contribution in [2.45, 2.75) is 25.7 Å². The molecule has 4 aromatic rings. The number of methoxy groups -OCH3 is 2. The van der Waals surface area contributed by atoms with E-state index in [1.807, 2.05) is 72.8 Å². The number of hydrogen-bond donors (Lipinski definition) is 0. The molecule has 6 rings (SSSR count). The van der Waals surface area contributed by atoms with Gasteiger partial charge in [-0.15, -0.1) is 0 Å². The molecule has 0 aliphatic heterocycles. The smallest absolute Gasteiger partial charge is 0.320 e. The maximum Gasteiger partial charge on any atom is 0.320 e. The van der Waals surface area contributed by atoms with Crippen LogP contribution in [0.1, 0.15) is 22.3 Å². The van der Waals surface area contributed by atoms with Crippen LogP contribution in [0, 0.1) is 10.8 Å². The lowest BCUT2D eigenvalue weighted by atomic mass is 9.57. The summed E-state index contributed by atoms with van der Waals surface area (Å²) >= 11 is 0. The second-order valence-corrected chi connectivity index (χ2v) is 10.0. The molecule has 5 nitrogen and oxygen atoms in total. The highest BCUT2D eigenvalue weighted by Gasteiger charge is 2.61. The van der Waals surface area contributed by atoms with Gasteiger partial charge in [-0.2, -0.15) is 0 Å². The van der Waals surface area contributed by atoms with Crippen LogP contribution in [0.15, 0.2) is 72.8 Å². The molecule has 180 valence electrons. The Morgan fingerprint density at radius 3 is 1.17 bits per heavy atom. The zero-order valence-electron chi connectivity index (χ0n) is 20.3. The van der Waals surface area contributed by atoms with Gasteiger partial charge in [0.1, 0.15) is 10.8 Å². The van der Waals surface area contributed by atoms with Gasteiger partial charge in [-0.3, -0.25) is 14.4 Å². The topological polar surface area (TPSA) is 69.7 Å². The zero-order chi connectivity index (χ0) is 25.1. The van der Waals surface area contributed by atoms with Crippen molar-refractivity contribution < 1.29 is 23.9 Å². The van der Waals surface area contributed by atoms with E-state index in [9.17, 15) is 14.4 Å². The van der Waals surface area contributed by atoms with Crippen molar-refractivity contribution >= 4 is 39.3 Å². The summed E-state index contributed by atoms with van der Waals surface area (Å²) in [5.74, 6) is -1.66. The molecule has 0 saturated heterocycles. The quantitative estimate of drug-likeness (QED) is 0.306. The van der Waals surface area contributed by atoms with Gasteiger partial charge >= 0.3 is 11.9 Å². The summed E-state index contributed by atoms with van der Waals surface area (Å²) < 4.78 is 10.7. The van der Waals surface area contributed by atoms with Gasteiger partial charge in [0.2, 0.25) is 0 Å². The van der Waals surface area contributed by atoms with Crippen LogP contribution < -0.4 is 0 Å². The molecule has 0 spiro atoms. The molecule has 0 heterocycles.